The van der Waals surface area contributed by atoms with E-state index in [2.05, 4.69) is 6.58 Å². The average molecular weight is 663 g/mol. The van der Waals surface area contributed by atoms with E-state index < -0.39 is 79.3 Å². The number of ether oxygens (including phenoxy) is 5. The van der Waals surface area contributed by atoms with Crippen molar-refractivity contribution in [3.63, 3.8) is 0 Å². The van der Waals surface area contributed by atoms with E-state index in [1.807, 2.05) is 6.92 Å². The van der Waals surface area contributed by atoms with Gasteiger partial charge in [-0.3, -0.25) is 4.79 Å². The molecule has 3 fully saturated rings. The van der Waals surface area contributed by atoms with Crippen LogP contribution in [0.5, 0.6) is 0 Å². The van der Waals surface area contributed by atoms with Gasteiger partial charge in [-0.1, -0.05) is 70.8 Å². The van der Waals surface area contributed by atoms with E-state index in [-0.39, 0.29) is 24.9 Å². The molecule has 0 spiro atoms. The lowest BCUT2D eigenvalue weighted by molar-refractivity contribution is -0.326. The third-order valence-corrected chi connectivity index (χ3v) is 9.05. The summed E-state index contributed by atoms with van der Waals surface area (Å²) in [5.41, 5.74) is 0.0357. The maximum atomic E-state index is 11.6. The Morgan fingerprint density at radius 2 is 1.37 bits per heavy atom. The van der Waals surface area contributed by atoms with Crippen LogP contribution in [0.3, 0.4) is 0 Å². The molecule has 3 aliphatic rings. The van der Waals surface area contributed by atoms with Gasteiger partial charge >= 0.3 is 11.9 Å². The van der Waals surface area contributed by atoms with Crippen LogP contribution in [0.1, 0.15) is 90.4 Å². The molecule has 0 saturated carbocycles. The molecular weight excluding hydrogens is 608 g/mol. The van der Waals surface area contributed by atoms with Gasteiger partial charge in [0.2, 0.25) is 0 Å². The molecule has 0 aromatic heterocycles. The predicted molar refractivity (Wildman–Crippen MR) is 161 cm³/mol. The van der Waals surface area contributed by atoms with Crippen LogP contribution in [0, 0.1) is 5.92 Å². The van der Waals surface area contributed by atoms with Gasteiger partial charge in [-0.05, 0) is 26.2 Å². The van der Waals surface area contributed by atoms with Crippen molar-refractivity contribution < 1.29 is 69.0 Å². The number of aliphatic hydroxyl groups excluding tert-OH is 6. The van der Waals surface area contributed by atoms with Gasteiger partial charge in [-0.15, -0.1) is 0 Å². The maximum absolute atomic E-state index is 11.6. The lowest BCUT2D eigenvalue weighted by Crippen LogP contribution is -2.60. The number of hydrogen-bond acceptors (Lipinski definition) is 13. The first-order valence-corrected chi connectivity index (χ1v) is 16.7. The third kappa shape index (κ3) is 11.2. The second-order valence-corrected chi connectivity index (χ2v) is 12.8. The van der Waals surface area contributed by atoms with Crippen molar-refractivity contribution in [1.29, 1.82) is 0 Å². The maximum Gasteiger partial charge on any atom is 0.334 e. The molecule has 0 radical (unpaired) electrons. The molecule has 12 atom stereocenters. The highest BCUT2D eigenvalue weighted by molar-refractivity contribution is 5.97. The lowest BCUT2D eigenvalue weighted by atomic mass is 9.93. The van der Waals surface area contributed by atoms with Crippen LogP contribution in [-0.4, -0.2) is 128 Å². The predicted octanol–water partition coefficient (Wildman–Crippen LogP) is 0.908. The van der Waals surface area contributed by atoms with E-state index in [1.165, 1.54) is 0 Å². The summed E-state index contributed by atoms with van der Waals surface area (Å²) in [6, 6.07) is 0. The van der Waals surface area contributed by atoms with Gasteiger partial charge in [0.15, 0.2) is 12.6 Å². The zero-order valence-corrected chi connectivity index (χ0v) is 26.7. The van der Waals surface area contributed by atoms with Crippen molar-refractivity contribution >= 4 is 11.9 Å². The number of hydrogen-bond donors (Lipinski definition) is 7. The Bertz CT molecular complexity index is 948. The normalized spacial score (nSPS) is 35.7. The topological polar surface area (TPSA) is 222 Å². The standard InChI is InChI=1S/C32H54O14/c1-18(44-32-28(38)26(36)25(35)22(46-32)17-43-31-27(37)24(34)20(33)16-42-31)14-12-10-8-6-4-3-5-7-9-11-13-15-21-23(29(39)40)19(2)30(41)45-21/h18,20-28,31-38H,2-17H2,1H3,(H,39,40)/t18-,20-,21+,22-,23+,24+,25-,26+,27-,28-,31+,32-/m1/s1. The molecule has 3 aliphatic heterocycles. The number of carbonyl (C=O) groups excluding carboxylic acids is 1. The van der Waals surface area contributed by atoms with Crippen molar-refractivity contribution in [2.45, 2.75) is 158 Å². The molecule has 3 saturated heterocycles. The number of rotatable bonds is 20. The number of carboxylic acids is 1. The zero-order valence-electron chi connectivity index (χ0n) is 26.7. The van der Waals surface area contributed by atoms with E-state index in [0.717, 1.165) is 77.0 Å². The van der Waals surface area contributed by atoms with E-state index >= 15 is 0 Å². The molecule has 0 amide bonds. The molecular formula is C32H54O14. The fraction of sp³-hybridized carbons (Fsp3) is 0.875. The first kappa shape index (κ1) is 38.7. The minimum atomic E-state index is -1.55. The van der Waals surface area contributed by atoms with Crippen LogP contribution in [0.15, 0.2) is 12.2 Å². The number of unbranched alkanes of at least 4 members (excludes halogenated alkanes) is 10. The second kappa shape index (κ2) is 19.3. The number of carbonyl (C=O) groups is 2. The summed E-state index contributed by atoms with van der Waals surface area (Å²) in [7, 11) is 0. The van der Waals surface area contributed by atoms with Crippen LogP contribution >= 0.6 is 0 Å². The fourth-order valence-electron chi connectivity index (χ4n) is 6.11. The molecule has 0 aliphatic carbocycles. The second-order valence-electron chi connectivity index (χ2n) is 12.8. The minimum absolute atomic E-state index is 0.0357. The highest BCUT2D eigenvalue weighted by Crippen LogP contribution is 2.31. The Hall–Kier alpha value is -1.72. The van der Waals surface area contributed by atoms with E-state index in [9.17, 15) is 45.3 Å². The van der Waals surface area contributed by atoms with E-state index in [0.29, 0.717) is 6.42 Å². The fourth-order valence-corrected chi connectivity index (χ4v) is 6.11. The van der Waals surface area contributed by atoms with Gasteiger partial charge in [-0.2, -0.15) is 0 Å². The van der Waals surface area contributed by atoms with Crippen molar-refractivity contribution in [2.75, 3.05) is 13.2 Å². The van der Waals surface area contributed by atoms with Crippen LogP contribution in [0.2, 0.25) is 0 Å². The molecule has 3 rings (SSSR count). The van der Waals surface area contributed by atoms with E-state index in [4.69, 9.17) is 23.7 Å². The Kier molecular flexibility index (Phi) is 16.3. The molecule has 0 aromatic rings. The van der Waals surface area contributed by atoms with Gasteiger partial charge < -0.3 is 59.4 Å². The highest BCUT2D eigenvalue weighted by Gasteiger charge is 2.46. The van der Waals surface area contributed by atoms with Gasteiger partial charge in [0.05, 0.1) is 19.3 Å². The van der Waals surface area contributed by atoms with Crippen molar-refractivity contribution in [1.82, 2.24) is 0 Å². The smallest absolute Gasteiger partial charge is 0.334 e. The van der Waals surface area contributed by atoms with Crippen molar-refractivity contribution in [3.05, 3.63) is 12.2 Å². The van der Waals surface area contributed by atoms with Gasteiger partial charge in [-0.25, -0.2) is 4.79 Å². The van der Waals surface area contributed by atoms with Crippen LogP contribution in [0.4, 0.5) is 0 Å². The van der Waals surface area contributed by atoms with Crippen molar-refractivity contribution in [3.8, 4) is 0 Å². The molecule has 46 heavy (non-hydrogen) atoms. The number of aliphatic hydroxyl groups is 6. The zero-order chi connectivity index (χ0) is 33.8. The minimum Gasteiger partial charge on any atom is -0.481 e. The molecule has 0 aromatic carbocycles. The summed E-state index contributed by atoms with van der Waals surface area (Å²) >= 11 is 0. The number of esters is 1. The van der Waals surface area contributed by atoms with Crippen LogP contribution in [0.25, 0.3) is 0 Å². The quantitative estimate of drug-likeness (QED) is 0.0547. The Balaban J connectivity index is 1.20. The molecule has 0 unspecified atom stereocenters. The molecule has 0 bridgehead atoms. The molecule has 14 nitrogen and oxygen atoms in total. The first-order valence-electron chi connectivity index (χ1n) is 16.7. The Morgan fingerprint density at radius 1 is 0.804 bits per heavy atom. The number of aliphatic carboxylic acids is 1. The Labute approximate surface area is 270 Å². The number of carboxylic acid groups (broad SMARTS) is 1. The molecule has 266 valence electrons. The van der Waals surface area contributed by atoms with Crippen LogP contribution in [-0.2, 0) is 33.3 Å². The number of cyclic esters (lactones) is 1. The highest BCUT2D eigenvalue weighted by atomic mass is 16.7. The van der Waals surface area contributed by atoms with Gasteiger partial charge in [0.25, 0.3) is 0 Å². The lowest BCUT2D eigenvalue weighted by Gasteiger charge is -2.42. The summed E-state index contributed by atoms with van der Waals surface area (Å²) in [6.45, 7) is 4.82. The molecule has 14 heteroatoms. The molecule has 7 N–H and O–H groups in total. The van der Waals surface area contributed by atoms with Crippen molar-refractivity contribution in [2.24, 2.45) is 5.92 Å². The SMILES string of the molecule is C=C1C(=O)O[C@@H](CCCCCCCCCCCCC[C@@H](C)O[C@@H]2O[C@H](CO[C@@H]3OC[C@@H](O)[C@H](O)[C@H]3O)[C@@H](O)[C@H](O)[C@H]2O)[C@H]1C(=O)O. The summed E-state index contributed by atoms with van der Waals surface area (Å²) < 4.78 is 27.3. The third-order valence-electron chi connectivity index (χ3n) is 9.05. The summed E-state index contributed by atoms with van der Waals surface area (Å²) in [5.74, 6) is -2.59. The van der Waals surface area contributed by atoms with E-state index in [1.54, 1.807) is 0 Å². The largest absolute Gasteiger partial charge is 0.481 e. The average Bonchev–Trinajstić information content (AvgIpc) is 3.31. The van der Waals surface area contributed by atoms with Gasteiger partial charge in [0.1, 0.15) is 54.7 Å². The summed E-state index contributed by atoms with van der Waals surface area (Å²) in [4.78, 5) is 23.0. The monoisotopic (exact) mass is 662 g/mol. The first-order chi connectivity index (χ1) is 21.9. The summed E-state index contributed by atoms with van der Waals surface area (Å²) in [5, 5.41) is 69.8. The molecule has 3 heterocycles. The van der Waals surface area contributed by atoms with Gasteiger partial charge in [0, 0.05) is 5.57 Å². The van der Waals surface area contributed by atoms with Crippen LogP contribution < -0.4 is 0 Å². The summed E-state index contributed by atoms with van der Waals surface area (Å²) in [6.07, 6.45) is -0.318. The Morgan fingerprint density at radius 3 is 1.98 bits per heavy atom.